The lowest BCUT2D eigenvalue weighted by Gasteiger charge is -2.11. The maximum Gasteiger partial charge on any atom is 0.332 e. The minimum Gasteiger partial charge on any atom is -0.300 e. The highest BCUT2D eigenvalue weighted by molar-refractivity contribution is 8.00. The van der Waals surface area contributed by atoms with Crippen LogP contribution in [0.25, 0.3) is 11.0 Å². The van der Waals surface area contributed by atoms with Crippen LogP contribution in [0.5, 0.6) is 0 Å². The van der Waals surface area contributed by atoms with Gasteiger partial charge in [0.15, 0.2) is 5.65 Å². The van der Waals surface area contributed by atoms with Gasteiger partial charge in [0.1, 0.15) is 21.2 Å². The molecule has 0 unspecified atom stereocenters. The zero-order valence-electron chi connectivity index (χ0n) is 15.4. The summed E-state index contributed by atoms with van der Waals surface area (Å²) in [5, 5.41) is 12.2. The van der Waals surface area contributed by atoms with Crippen molar-refractivity contribution in [2.24, 2.45) is 14.1 Å². The van der Waals surface area contributed by atoms with Crippen molar-refractivity contribution in [2.45, 2.75) is 30.7 Å². The number of carbonyl (C=O) groups excluding carboxylic acids is 1. The SMILES string of the molecule is Cc1nnc(NC(=O)CSc2nc(C3CC3)nc3c2c(=O)n(C)c(=O)n3C)s1. The van der Waals surface area contributed by atoms with Gasteiger partial charge in [0.05, 0.1) is 5.75 Å². The van der Waals surface area contributed by atoms with Crippen LogP contribution >= 0.6 is 23.1 Å². The maximum atomic E-state index is 12.7. The van der Waals surface area contributed by atoms with Crippen molar-refractivity contribution in [1.82, 2.24) is 29.3 Å². The predicted octanol–water partition coefficient (Wildman–Crippen LogP) is 0.795. The van der Waals surface area contributed by atoms with E-state index in [1.54, 1.807) is 14.0 Å². The number of carbonyl (C=O) groups is 1. The summed E-state index contributed by atoms with van der Waals surface area (Å²) in [7, 11) is 2.99. The molecular weight excluding hydrogens is 402 g/mol. The number of fused-ring (bicyclic) bond motifs is 1. The van der Waals surface area contributed by atoms with Crippen molar-refractivity contribution in [3.8, 4) is 0 Å². The molecule has 1 aliphatic carbocycles. The summed E-state index contributed by atoms with van der Waals surface area (Å²) >= 11 is 2.43. The zero-order chi connectivity index (χ0) is 20.0. The molecule has 1 fully saturated rings. The van der Waals surface area contributed by atoms with E-state index in [0.29, 0.717) is 21.6 Å². The molecule has 1 aliphatic rings. The third-order valence-electron chi connectivity index (χ3n) is 4.34. The second kappa shape index (κ2) is 7.09. The Kier molecular flexibility index (Phi) is 4.75. The van der Waals surface area contributed by atoms with Crippen molar-refractivity contribution in [3.63, 3.8) is 0 Å². The molecule has 0 aromatic carbocycles. The number of rotatable bonds is 5. The molecule has 0 radical (unpaired) electrons. The smallest absolute Gasteiger partial charge is 0.300 e. The summed E-state index contributed by atoms with van der Waals surface area (Å²) < 4.78 is 2.37. The highest BCUT2D eigenvalue weighted by Crippen LogP contribution is 2.39. The minimum absolute atomic E-state index is 0.0425. The van der Waals surface area contributed by atoms with E-state index in [2.05, 4.69) is 25.5 Å². The van der Waals surface area contributed by atoms with Crippen molar-refractivity contribution >= 4 is 45.2 Å². The normalized spacial score (nSPS) is 13.8. The fraction of sp³-hybridized carbons (Fsp3) is 0.438. The van der Waals surface area contributed by atoms with Gasteiger partial charge in [0, 0.05) is 20.0 Å². The van der Waals surface area contributed by atoms with Gasteiger partial charge in [-0.05, 0) is 19.8 Å². The zero-order valence-corrected chi connectivity index (χ0v) is 17.1. The molecule has 4 rings (SSSR count). The maximum absolute atomic E-state index is 12.7. The van der Waals surface area contributed by atoms with E-state index < -0.39 is 11.2 Å². The van der Waals surface area contributed by atoms with E-state index in [-0.39, 0.29) is 23.0 Å². The van der Waals surface area contributed by atoms with Crippen LogP contribution in [0, 0.1) is 6.92 Å². The molecule has 28 heavy (non-hydrogen) atoms. The summed E-state index contributed by atoms with van der Waals surface area (Å²) in [6.07, 6.45) is 1.95. The Morgan fingerprint density at radius 2 is 1.96 bits per heavy atom. The van der Waals surface area contributed by atoms with E-state index in [1.165, 1.54) is 23.0 Å². The van der Waals surface area contributed by atoms with Crippen molar-refractivity contribution in [2.75, 3.05) is 11.1 Å². The van der Waals surface area contributed by atoms with E-state index in [0.717, 1.165) is 34.2 Å². The molecule has 146 valence electrons. The number of hydrogen-bond donors (Lipinski definition) is 1. The molecule has 0 saturated heterocycles. The number of thioether (sulfide) groups is 1. The minimum atomic E-state index is -0.469. The Hall–Kier alpha value is -2.60. The van der Waals surface area contributed by atoms with Gasteiger partial charge >= 0.3 is 5.69 Å². The molecule has 12 heteroatoms. The van der Waals surface area contributed by atoms with Crippen LogP contribution in [0.15, 0.2) is 14.6 Å². The van der Waals surface area contributed by atoms with Gasteiger partial charge < -0.3 is 0 Å². The fourth-order valence-corrected chi connectivity index (χ4v) is 4.14. The number of nitrogens with one attached hydrogen (secondary N) is 1. The lowest BCUT2D eigenvalue weighted by molar-refractivity contribution is -0.113. The van der Waals surface area contributed by atoms with Gasteiger partial charge in [-0.2, -0.15) is 0 Å². The van der Waals surface area contributed by atoms with Gasteiger partial charge in [0.2, 0.25) is 11.0 Å². The third-order valence-corrected chi connectivity index (χ3v) is 6.07. The van der Waals surface area contributed by atoms with E-state index in [9.17, 15) is 14.4 Å². The van der Waals surface area contributed by atoms with Gasteiger partial charge in [-0.15, -0.1) is 10.2 Å². The van der Waals surface area contributed by atoms with Gasteiger partial charge in [0.25, 0.3) is 5.56 Å². The highest BCUT2D eigenvalue weighted by atomic mass is 32.2. The Labute approximate surface area is 167 Å². The van der Waals surface area contributed by atoms with E-state index in [4.69, 9.17) is 0 Å². The summed E-state index contributed by atoms with van der Waals surface area (Å²) in [4.78, 5) is 46.2. The lowest BCUT2D eigenvalue weighted by Crippen LogP contribution is -2.37. The Balaban J connectivity index is 1.70. The number of aryl methyl sites for hydroxylation is 2. The number of aromatic nitrogens is 6. The number of hydrogen-bond acceptors (Lipinski definition) is 9. The van der Waals surface area contributed by atoms with Crippen molar-refractivity contribution in [1.29, 1.82) is 0 Å². The topological polar surface area (TPSA) is 125 Å². The van der Waals surface area contributed by atoms with Crippen LogP contribution in [-0.4, -0.2) is 41.0 Å². The van der Waals surface area contributed by atoms with Crippen molar-refractivity contribution in [3.05, 3.63) is 31.7 Å². The highest BCUT2D eigenvalue weighted by Gasteiger charge is 2.29. The molecule has 3 heterocycles. The monoisotopic (exact) mass is 419 g/mol. The van der Waals surface area contributed by atoms with Crippen LogP contribution < -0.4 is 16.6 Å². The molecule has 0 bridgehead atoms. The van der Waals surface area contributed by atoms with E-state index >= 15 is 0 Å². The fourth-order valence-electron chi connectivity index (χ4n) is 2.71. The molecule has 0 spiro atoms. The Bertz CT molecular complexity index is 1210. The average Bonchev–Trinajstić information content (AvgIpc) is 3.45. The number of anilines is 1. The van der Waals surface area contributed by atoms with Gasteiger partial charge in [-0.3, -0.25) is 24.0 Å². The molecule has 3 aromatic heterocycles. The third kappa shape index (κ3) is 3.44. The quantitative estimate of drug-likeness (QED) is 0.475. The predicted molar refractivity (Wildman–Crippen MR) is 106 cm³/mol. The molecule has 0 atom stereocenters. The first-order chi connectivity index (χ1) is 13.3. The molecule has 1 saturated carbocycles. The Morgan fingerprint density at radius 1 is 1.21 bits per heavy atom. The second-order valence-electron chi connectivity index (χ2n) is 6.53. The first-order valence-electron chi connectivity index (χ1n) is 8.55. The molecule has 1 N–H and O–H groups in total. The number of nitrogens with zero attached hydrogens (tertiary/aromatic N) is 6. The summed E-state index contributed by atoms with van der Waals surface area (Å²) in [5.41, 5.74) is -0.617. The van der Waals surface area contributed by atoms with Gasteiger partial charge in [-0.25, -0.2) is 14.8 Å². The van der Waals surface area contributed by atoms with Crippen LogP contribution in [0.1, 0.15) is 29.6 Å². The summed E-state index contributed by atoms with van der Waals surface area (Å²) in [6, 6.07) is 0. The summed E-state index contributed by atoms with van der Waals surface area (Å²) in [6.45, 7) is 1.80. The first kappa shape index (κ1) is 18.7. The molecule has 3 aromatic rings. The van der Waals surface area contributed by atoms with Crippen LogP contribution in [0.3, 0.4) is 0 Å². The lowest BCUT2D eigenvalue weighted by atomic mass is 10.3. The van der Waals surface area contributed by atoms with Crippen LogP contribution in [-0.2, 0) is 18.9 Å². The van der Waals surface area contributed by atoms with E-state index in [1.807, 2.05) is 0 Å². The van der Waals surface area contributed by atoms with Crippen molar-refractivity contribution < 1.29 is 4.79 Å². The van der Waals surface area contributed by atoms with Gasteiger partial charge in [-0.1, -0.05) is 23.1 Å². The standard InChI is InChI=1S/C16H17N7O3S2/c1-7-20-21-15(28-7)17-9(24)6-27-13-10-12(18-11(19-13)8-4-5-8)22(2)16(26)23(3)14(10)25/h8H,4-6H2,1-3H3,(H,17,21,24). The molecular formula is C16H17N7O3S2. The van der Waals surface area contributed by atoms with Crippen LogP contribution in [0.4, 0.5) is 5.13 Å². The Morgan fingerprint density at radius 3 is 2.61 bits per heavy atom. The largest absolute Gasteiger partial charge is 0.332 e. The molecule has 1 amide bonds. The average molecular weight is 419 g/mol. The number of amides is 1. The molecule has 0 aliphatic heterocycles. The second-order valence-corrected chi connectivity index (χ2v) is 8.67. The summed E-state index contributed by atoms with van der Waals surface area (Å²) in [5.74, 6) is 0.614. The first-order valence-corrected chi connectivity index (χ1v) is 10.4. The molecule has 10 nitrogen and oxygen atoms in total. The van der Waals surface area contributed by atoms with Crippen LogP contribution in [0.2, 0.25) is 0 Å².